The van der Waals surface area contributed by atoms with Crippen LogP contribution in [0.5, 0.6) is 5.75 Å². The van der Waals surface area contributed by atoms with Gasteiger partial charge in [-0.15, -0.1) is 0 Å². The molecule has 1 aliphatic rings. The fourth-order valence-electron chi connectivity index (χ4n) is 2.69. The molecule has 1 fully saturated rings. The number of nitrogens with zero attached hydrogens (tertiary/aromatic N) is 1. The van der Waals surface area contributed by atoms with Crippen molar-refractivity contribution in [1.82, 2.24) is 9.62 Å². The van der Waals surface area contributed by atoms with Gasteiger partial charge in [-0.1, -0.05) is 12.1 Å². The van der Waals surface area contributed by atoms with Crippen molar-refractivity contribution in [1.29, 1.82) is 0 Å². The van der Waals surface area contributed by atoms with Crippen LogP contribution in [0.1, 0.15) is 18.4 Å². The van der Waals surface area contributed by atoms with Gasteiger partial charge in [0.25, 0.3) is 0 Å². The Morgan fingerprint density at radius 1 is 1.26 bits per heavy atom. The zero-order valence-electron chi connectivity index (χ0n) is 13.6. The lowest BCUT2D eigenvalue weighted by Gasteiger charge is -2.30. The molecule has 128 valence electrons. The Bertz CT molecular complexity index is 620. The van der Waals surface area contributed by atoms with E-state index < -0.39 is 10.0 Å². The van der Waals surface area contributed by atoms with Gasteiger partial charge in [-0.3, -0.25) is 4.79 Å². The monoisotopic (exact) mass is 340 g/mol. The Hall–Kier alpha value is -1.60. The lowest BCUT2D eigenvalue weighted by atomic mass is 9.98. The van der Waals surface area contributed by atoms with Gasteiger partial charge in [0.2, 0.25) is 15.9 Å². The van der Waals surface area contributed by atoms with Crippen molar-refractivity contribution >= 4 is 15.9 Å². The lowest BCUT2D eigenvalue weighted by molar-refractivity contribution is -0.120. The summed E-state index contributed by atoms with van der Waals surface area (Å²) in [6.45, 7) is 1.68. The molecule has 0 radical (unpaired) electrons. The zero-order chi connectivity index (χ0) is 16.9. The lowest BCUT2D eigenvalue weighted by Crippen LogP contribution is -2.41. The van der Waals surface area contributed by atoms with Crippen LogP contribution in [0.25, 0.3) is 0 Å². The van der Waals surface area contributed by atoms with Crippen LogP contribution in [0, 0.1) is 5.92 Å². The molecule has 7 heteroatoms. The number of methoxy groups -OCH3 is 1. The summed E-state index contributed by atoms with van der Waals surface area (Å²) in [4.78, 5) is 12.0. The molecular weight excluding hydrogens is 316 g/mol. The van der Waals surface area contributed by atoms with Crippen LogP contribution >= 0.6 is 0 Å². The van der Waals surface area contributed by atoms with Gasteiger partial charge in [-0.2, -0.15) is 0 Å². The Balaban J connectivity index is 1.72. The van der Waals surface area contributed by atoms with Crippen molar-refractivity contribution in [3.8, 4) is 5.75 Å². The first-order valence-electron chi connectivity index (χ1n) is 7.73. The minimum absolute atomic E-state index is 0.0132. The van der Waals surface area contributed by atoms with Gasteiger partial charge < -0.3 is 10.1 Å². The number of piperidine rings is 1. The van der Waals surface area contributed by atoms with Crippen molar-refractivity contribution in [2.75, 3.05) is 33.0 Å². The summed E-state index contributed by atoms with van der Waals surface area (Å²) in [5, 5.41) is 2.94. The van der Waals surface area contributed by atoms with E-state index in [1.807, 2.05) is 24.3 Å². The fourth-order valence-corrected chi connectivity index (χ4v) is 3.57. The van der Waals surface area contributed by atoms with Gasteiger partial charge in [-0.05, 0) is 36.5 Å². The van der Waals surface area contributed by atoms with Gasteiger partial charge in [-0.25, -0.2) is 12.7 Å². The van der Waals surface area contributed by atoms with Crippen molar-refractivity contribution in [3.63, 3.8) is 0 Å². The molecule has 0 atom stereocenters. The minimum Gasteiger partial charge on any atom is -0.497 e. The first kappa shape index (κ1) is 17.7. The molecule has 2 rings (SSSR count). The highest BCUT2D eigenvalue weighted by Crippen LogP contribution is 2.18. The Kier molecular flexibility index (Phi) is 6.01. The number of amides is 1. The summed E-state index contributed by atoms with van der Waals surface area (Å²) < 4.78 is 29.5. The number of ether oxygens (including phenoxy) is 1. The van der Waals surface area contributed by atoms with E-state index in [9.17, 15) is 13.2 Å². The third-order valence-corrected chi connectivity index (χ3v) is 5.46. The molecule has 1 aromatic carbocycles. The number of hydrogen-bond donors (Lipinski definition) is 1. The normalized spacial score (nSPS) is 17.0. The summed E-state index contributed by atoms with van der Waals surface area (Å²) >= 11 is 0. The Labute approximate surface area is 137 Å². The van der Waals surface area contributed by atoms with Crippen molar-refractivity contribution < 1.29 is 17.9 Å². The molecule has 0 aromatic heterocycles. The molecule has 0 unspecified atom stereocenters. The molecule has 6 nitrogen and oxygen atoms in total. The van der Waals surface area contributed by atoms with Crippen LogP contribution < -0.4 is 10.1 Å². The van der Waals surface area contributed by atoms with E-state index in [1.165, 1.54) is 10.6 Å². The molecule has 0 aliphatic carbocycles. The first-order chi connectivity index (χ1) is 10.9. The fraction of sp³-hybridized carbons (Fsp3) is 0.562. The third kappa shape index (κ3) is 5.51. The number of rotatable bonds is 6. The number of nitrogens with one attached hydrogen (secondary N) is 1. The molecule has 1 amide bonds. The van der Waals surface area contributed by atoms with Crippen LogP contribution in [0.2, 0.25) is 0 Å². The average Bonchev–Trinajstić information content (AvgIpc) is 2.53. The van der Waals surface area contributed by atoms with E-state index in [-0.39, 0.29) is 5.91 Å². The summed E-state index contributed by atoms with van der Waals surface area (Å²) in [5.41, 5.74) is 0.940. The van der Waals surface area contributed by atoms with E-state index in [0.717, 1.165) is 24.2 Å². The van der Waals surface area contributed by atoms with E-state index in [2.05, 4.69) is 5.32 Å². The molecule has 0 saturated carbocycles. The smallest absolute Gasteiger partial charge is 0.224 e. The largest absolute Gasteiger partial charge is 0.497 e. The summed E-state index contributed by atoms with van der Waals surface area (Å²) in [7, 11) is -1.48. The third-order valence-electron chi connectivity index (χ3n) is 4.15. The molecule has 1 N–H and O–H groups in total. The number of benzene rings is 1. The van der Waals surface area contributed by atoms with Crippen LogP contribution in [0.3, 0.4) is 0 Å². The van der Waals surface area contributed by atoms with E-state index in [4.69, 9.17) is 4.74 Å². The minimum atomic E-state index is -3.09. The molecule has 1 saturated heterocycles. The van der Waals surface area contributed by atoms with Gasteiger partial charge in [0.05, 0.1) is 19.8 Å². The molecular formula is C16H24N2O4S. The topological polar surface area (TPSA) is 75.7 Å². The van der Waals surface area contributed by atoms with E-state index in [1.54, 1.807) is 7.11 Å². The molecule has 0 bridgehead atoms. The van der Waals surface area contributed by atoms with Crippen LogP contribution in [0.15, 0.2) is 24.3 Å². The second-order valence-corrected chi connectivity index (χ2v) is 7.92. The van der Waals surface area contributed by atoms with E-state index in [0.29, 0.717) is 32.0 Å². The highest BCUT2D eigenvalue weighted by atomic mass is 32.2. The predicted molar refractivity (Wildman–Crippen MR) is 88.8 cm³/mol. The van der Waals surface area contributed by atoms with Gasteiger partial charge in [0, 0.05) is 19.6 Å². The Morgan fingerprint density at radius 2 is 1.87 bits per heavy atom. The highest BCUT2D eigenvalue weighted by molar-refractivity contribution is 7.88. The average molecular weight is 340 g/mol. The molecule has 1 aliphatic heterocycles. The number of carbonyl (C=O) groups excluding carboxylic acids is 1. The standard InChI is InChI=1S/C16H24N2O4S/c1-22-15-5-3-13(4-6-15)11-16(19)17-12-14-7-9-18(10-8-14)23(2,20)21/h3-6,14H,7-12H2,1-2H3,(H,17,19). The SMILES string of the molecule is COc1ccc(CC(=O)NCC2CCN(S(C)(=O)=O)CC2)cc1. The van der Waals surface area contributed by atoms with Gasteiger partial charge >= 0.3 is 0 Å². The van der Waals surface area contributed by atoms with E-state index >= 15 is 0 Å². The van der Waals surface area contributed by atoms with Gasteiger partial charge in [0.15, 0.2) is 0 Å². The summed E-state index contributed by atoms with van der Waals surface area (Å²) in [6, 6.07) is 7.43. The van der Waals surface area contributed by atoms with Gasteiger partial charge in [0.1, 0.15) is 5.75 Å². The number of carbonyl (C=O) groups is 1. The number of hydrogen-bond acceptors (Lipinski definition) is 4. The molecule has 23 heavy (non-hydrogen) atoms. The highest BCUT2D eigenvalue weighted by Gasteiger charge is 2.24. The van der Waals surface area contributed by atoms with Crippen molar-refractivity contribution in [3.05, 3.63) is 29.8 Å². The second-order valence-electron chi connectivity index (χ2n) is 5.93. The van der Waals surface area contributed by atoms with Crippen molar-refractivity contribution in [2.24, 2.45) is 5.92 Å². The number of sulfonamides is 1. The van der Waals surface area contributed by atoms with Crippen LogP contribution in [-0.4, -0.2) is 51.6 Å². The maximum Gasteiger partial charge on any atom is 0.224 e. The molecule has 1 aromatic rings. The predicted octanol–water partition coefficient (Wildman–Crippen LogP) is 1.03. The zero-order valence-corrected chi connectivity index (χ0v) is 14.4. The summed E-state index contributed by atoms with van der Waals surface area (Å²) in [5.74, 6) is 1.10. The van der Waals surface area contributed by atoms with Crippen LogP contribution in [-0.2, 0) is 21.2 Å². The van der Waals surface area contributed by atoms with Crippen LogP contribution in [0.4, 0.5) is 0 Å². The summed E-state index contributed by atoms with van der Waals surface area (Å²) in [6.07, 6.45) is 3.15. The maximum absolute atomic E-state index is 12.0. The Morgan fingerprint density at radius 3 is 2.39 bits per heavy atom. The quantitative estimate of drug-likeness (QED) is 0.839. The maximum atomic E-state index is 12.0. The second kappa shape index (κ2) is 7.79. The molecule has 1 heterocycles. The molecule has 0 spiro atoms. The first-order valence-corrected chi connectivity index (χ1v) is 9.58. The van der Waals surface area contributed by atoms with Crippen molar-refractivity contribution in [2.45, 2.75) is 19.3 Å².